The first-order valence-corrected chi connectivity index (χ1v) is 8.03. The summed E-state index contributed by atoms with van der Waals surface area (Å²) in [5.41, 5.74) is 1.85. The number of rotatable bonds is 5. The summed E-state index contributed by atoms with van der Waals surface area (Å²) in [7, 11) is 0. The maximum atomic E-state index is 5.46. The van der Waals surface area contributed by atoms with Crippen molar-refractivity contribution in [2.75, 3.05) is 0 Å². The van der Waals surface area contributed by atoms with Crippen LogP contribution in [0.1, 0.15) is 35.2 Å². The van der Waals surface area contributed by atoms with Crippen molar-refractivity contribution in [3.63, 3.8) is 0 Å². The molecule has 0 spiro atoms. The summed E-state index contributed by atoms with van der Waals surface area (Å²) in [4.78, 5) is 0. The second kappa shape index (κ2) is 6.38. The molecule has 4 nitrogen and oxygen atoms in total. The van der Waals surface area contributed by atoms with E-state index >= 15 is 0 Å². The third kappa shape index (κ3) is 3.21. The van der Waals surface area contributed by atoms with Crippen LogP contribution in [0.25, 0.3) is 0 Å². The van der Waals surface area contributed by atoms with Crippen LogP contribution in [0.2, 0.25) is 0 Å². The van der Waals surface area contributed by atoms with E-state index in [-0.39, 0.29) is 5.92 Å². The first-order valence-electron chi connectivity index (χ1n) is 5.87. The minimum absolute atomic E-state index is 0.187. The Hall–Kier alpha value is -0.380. The first-order chi connectivity index (χ1) is 9.04. The first kappa shape index (κ1) is 15.0. The van der Waals surface area contributed by atoms with Crippen LogP contribution in [0.3, 0.4) is 0 Å². The van der Waals surface area contributed by atoms with Gasteiger partial charge in [-0.3, -0.25) is 0 Å². The van der Waals surface area contributed by atoms with Crippen molar-refractivity contribution in [3.05, 3.63) is 42.7 Å². The fourth-order valence-corrected chi connectivity index (χ4v) is 2.92. The summed E-state index contributed by atoms with van der Waals surface area (Å²) in [6.07, 6.45) is 3.46. The predicted molar refractivity (Wildman–Crippen MR) is 89.2 cm³/mol. The standard InChI is InChI=1S/C13H14I2N2O2/c1-4-5-9(13-12(15)8(3)17-19-13)6-10-11(14)7(2)16-18-10/h4,9H,1,5-6H2,2-3H3. The minimum Gasteiger partial charge on any atom is -0.360 e. The molecule has 2 rings (SSSR count). The average Bonchev–Trinajstić information content (AvgIpc) is 2.87. The van der Waals surface area contributed by atoms with E-state index in [1.807, 2.05) is 19.9 Å². The van der Waals surface area contributed by atoms with E-state index in [9.17, 15) is 0 Å². The zero-order chi connectivity index (χ0) is 14.0. The van der Waals surface area contributed by atoms with Gasteiger partial charge in [-0.25, -0.2) is 0 Å². The normalized spacial score (nSPS) is 12.6. The van der Waals surface area contributed by atoms with Gasteiger partial charge < -0.3 is 9.05 Å². The molecule has 2 aromatic heterocycles. The second-order valence-electron chi connectivity index (χ2n) is 4.38. The summed E-state index contributed by atoms with van der Waals surface area (Å²) in [6.45, 7) is 7.71. The Labute approximate surface area is 139 Å². The molecule has 2 heterocycles. The molecule has 0 aliphatic heterocycles. The molecule has 2 aromatic rings. The van der Waals surface area contributed by atoms with Crippen LogP contribution >= 0.6 is 45.2 Å². The van der Waals surface area contributed by atoms with E-state index in [4.69, 9.17) is 9.05 Å². The molecule has 0 radical (unpaired) electrons. The fourth-order valence-electron chi connectivity index (χ4n) is 1.87. The summed E-state index contributed by atoms with van der Waals surface area (Å²) < 4.78 is 13.0. The number of hydrogen-bond acceptors (Lipinski definition) is 4. The molecule has 1 atom stereocenters. The van der Waals surface area contributed by atoms with Crippen molar-refractivity contribution >= 4 is 45.2 Å². The number of hydrogen-bond donors (Lipinski definition) is 0. The molecular formula is C13H14I2N2O2. The van der Waals surface area contributed by atoms with Gasteiger partial charge in [0.05, 0.1) is 18.5 Å². The Kier molecular flexibility index (Phi) is 5.04. The molecule has 102 valence electrons. The zero-order valence-electron chi connectivity index (χ0n) is 10.7. The van der Waals surface area contributed by atoms with Crippen molar-refractivity contribution in [1.82, 2.24) is 10.3 Å². The Morgan fingerprint density at radius 1 is 1.16 bits per heavy atom. The van der Waals surface area contributed by atoms with Crippen LogP contribution in [-0.2, 0) is 6.42 Å². The molecule has 0 saturated carbocycles. The smallest absolute Gasteiger partial charge is 0.154 e. The van der Waals surface area contributed by atoms with E-state index in [2.05, 4.69) is 62.1 Å². The van der Waals surface area contributed by atoms with Crippen LogP contribution in [-0.4, -0.2) is 10.3 Å². The van der Waals surface area contributed by atoms with Gasteiger partial charge in [-0.1, -0.05) is 16.4 Å². The number of aryl methyl sites for hydroxylation is 2. The highest BCUT2D eigenvalue weighted by atomic mass is 127. The Morgan fingerprint density at radius 3 is 2.26 bits per heavy atom. The van der Waals surface area contributed by atoms with Crippen LogP contribution < -0.4 is 0 Å². The van der Waals surface area contributed by atoms with Gasteiger partial charge in [-0.05, 0) is 65.5 Å². The third-order valence-electron chi connectivity index (χ3n) is 2.92. The largest absolute Gasteiger partial charge is 0.360 e. The molecule has 0 saturated heterocycles. The van der Waals surface area contributed by atoms with Gasteiger partial charge in [0.25, 0.3) is 0 Å². The molecule has 0 fully saturated rings. The quantitative estimate of drug-likeness (QED) is 0.467. The molecule has 0 amide bonds. The Bertz CT molecular complexity index is 589. The van der Waals surface area contributed by atoms with Gasteiger partial charge in [-0.15, -0.1) is 6.58 Å². The molecule has 1 unspecified atom stereocenters. The van der Waals surface area contributed by atoms with Crippen LogP contribution in [0.5, 0.6) is 0 Å². The number of nitrogens with zero attached hydrogens (tertiary/aromatic N) is 2. The molecule has 19 heavy (non-hydrogen) atoms. The lowest BCUT2D eigenvalue weighted by atomic mass is 9.96. The van der Waals surface area contributed by atoms with E-state index in [1.165, 1.54) is 0 Å². The van der Waals surface area contributed by atoms with Gasteiger partial charge in [0, 0.05) is 12.3 Å². The van der Waals surface area contributed by atoms with E-state index in [0.29, 0.717) is 0 Å². The van der Waals surface area contributed by atoms with Crippen molar-refractivity contribution in [3.8, 4) is 0 Å². The molecule has 0 bridgehead atoms. The van der Waals surface area contributed by atoms with E-state index < -0.39 is 0 Å². The molecular weight excluding hydrogens is 470 g/mol. The Balaban J connectivity index is 2.28. The van der Waals surface area contributed by atoms with Crippen LogP contribution in [0.15, 0.2) is 21.7 Å². The topological polar surface area (TPSA) is 52.1 Å². The summed E-state index contributed by atoms with van der Waals surface area (Å²) in [6, 6.07) is 0. The maximum absolute atomic E-state index is 5.46. The Morgan fingerprint density at radius 2 is 1.79 bits per heavy atom. The van der Waals surface area contributed by atoms with Crippen LogP contribution in [0.4, 0.5) is 0 Å². The van der Waals surface area contributed by atoms with Gasteiger partial charge in [0.2, 0.25) is 0 Å². The summed E-state index contributed by atoms with van der Waals surface area (Å²) >= 11 is 4.54. The second-order valence-corrected chi connectivity index (χ2v) is 6.53. The van der Waals surface area contributed by atoms with Gasteiger partial charge in [0.15, 0.2) is 11.5 Å². The molecule has 0 N–H and O–H groups in total. The van der Waals surface area contributed by atoms with Crippen molar-refractivity contribution in [2.45, 2.75) is 32.6 Å². The van der Waals surface area contributed by atoms with Gasteiger partial charge in [0.1, 0.15) is 0 Å². The van der Waals surface area contributed by atoms with Gasteiger partial charge >= 0.3 is 0 Å². The fraction of sp³-hybridized carbons (Fsp3) is 0.385. The van der Waals surface area contributed by atoms with E-state index in [0.717, 1.165) is 42.9 Å². The van der Waals surface area contributed by atoms with E-state index in [1.54, 1.807) is 0 Å². The SMILES string of the molecule is C=CCC(Cc1onc(C)c1I)c1onc(C)c1I. The number of aromatic nitrogens is 2. The molecule has 6 heteroatoms. The van der Waals surface area contributed by atoms with Crippen LogP contribution in [0, 0.1) is 21.0 Å². The van der Waals surface area contributed by atoms with Gasteiger partial charge in [-0.2, -0.15) is 0 Å². The minimum atomic E-state index is 0.187. The maximum Gasteiger partial charge on any atom is 0.154 e. The monoisotopic (exact) mass is 484 g/mol. The van der Waals surface area contributed by atoms with Crippen molar-refractivity contribution in [1.29, 1.82) is 0 Å². The molecule has 0 aromatic carbocycles. The number of allylic oxidation sites excluding steroid dienone is 1. The summed E-state index contributed by atoms with van der Waals surface area (Å²) in [5, 5.41) is 8.02. The average molecular weight is 484 g/mol. The lowest BCUT2D eigenvalue weighted by Gasteiger charge is -2.10. The van der Waals surface area contributed by atoms with Crippen molar-refractivity contribution < 1.29 is 9.05 Å². The highest BCUT2D eigenvalue weighted by molar-refractivity contribution is 14.1. The zero-order valence-corrected chi connectivity index (χ0v) is 15.1. The lowest BCUT2D eigenvalue weighted by molar-refractivity contribution is 0.331. The number of halogens is 2. The van der Waals surface area contributed by atoms with Crippen molar-refractivity contribution in [2.24, 2.45) is 0 Å². The predicted octanol–water partition coefficient (Wildman–Crippen LogP) is 4.39. The molecule has 0 aliphatic carbocycles. The lowest BCUT2D eigenvalue weighted by Crippen LogP contribution is -2.03. The molecule has 0 aliphatic rings. The highest BCUT2D eigenvalue weighted by Gasteiger charge is 2.24. The third-order valence-corrected chi connectivity index (χ3v) is 5.62. The summed E-state index contributed by atoms with van der Waals surface area (Å²) in [5.74, 6) is 1.99. The highest BCUT2D eigenvalue weighted by Crippen LogP contribution is 2.31.